The van der Waals surface area contributed by atoms with Gasteiger partial charge in [-0.1, -0.05) is 60.7 Å². The number of rotatable bonds is 7. The van der Waals surface area contributed by atoms with Gasteiger partial charge in [-0.05, 0) is 51.2 Å². The monoisotopic (exact) mass is 741 g/mol. The Morgan fingerprint density at radius 2 is 1.64 bits per heavy atom. The molecule has 1 fully saturated rings. The molecule has 0 spiro atoms. The molecule has 2 amide bonds. The molecule has 3 atom stereocenters. The van der Waals surface area contributed by atoms with Gasteiger partial charge < -0.3 is 38.8 Å². The van der Waals surface area contributed by atoms with Gasteiger partial charge in [0.15, 0.2) is 6.10 Å². The number of β-lactam (4-membered cyclic amide) rings is 1. The minimum atomic E-state index is -0.789. The molecule has 45 heavy (non-hydrogen) atoms. The van der Waals surface area contributed by atoms with Gasteiger partial charge in [-0.15, -0.1) is 11.8 Å². The number of fused-ring (bicyclic) bond motifs is 1. The molecule has 3 heterocycles. The fourth-order valence-electron chi connectivity index (χ4n) is 6.54. The third-order valence-electron chi connectivity index (χ3n) is 8.56. The zero-order chi connectivity index (χ0) is 31.1. The van der Waals surface area contributed by atoms with Crippen LogP contribution in [-0.2, 0) is 19.1 Å². The number of nitrogens with zero attached hydrogens (tertiary/aromatic N) is 2. The molecule has 238 valence electrons. The molecule has 0 radical (unpaired) electrons. The van der Waals surface area contributed by atoms with Gasteiger partial charge in [0.25, 0.3) is 5.91 Å². The molecular formula is C35H40IN3O5S. The van der Waals surface area contributed by atoms with Gasteiger partial charge in [0.05, 0.1) is 7.05 Å². The quantitative estimate of drug-likeness (QED) is 0.203. The smallest absolute Gasteiger partial charge is 0.408 e. The van der Waals surface area contributed by atoms with Crippen molar-refractivity contribution in [2.24, 2.45) is 0 Å². The molecule has 2 aromatic carbocycles. The molecule has 4 aliphatic rings. The summed E-state index contributed by atoms with van der Waals surface area (Å²) in [6.07, 6.45) is 7.57. The van der Waals surface area contributed by atoms with Crippen LogP contribution in [0.15, 0.2) is 95.5 Å². The average Bonchev–Trinajstić information content (AvgIpc) is 3.34. The van der Waals surface area contributed by atoms with E-state index in [-0.39, 0.29) is 35.6 Å². The maximum Gasteiger partial charge on any atom is 0.408 e. The van der Waals surface area contributed by atoms with Crippen LogP contribution < -0.4 is 29.3 Å². The van der Waals surface area contributed by atoms with E-state index in [1.165, 1.54) is 22.6 Å². The van der Waals surface area contributed by atoms with E-state index in [0.717, 1.165) is 36.0 Å². The first kappa shape index (κ1) is 33.3. The summed E-state index contributed by atoms with van der Waals surface area (Å²) in [6, 6.07) is 18.5. The summed E-state index contributed by atoms with van der Waals surface area (Å²) in [6.45, 7) is 5.90. The normalized spacial score (nSPS) is 24.0. The summed E-state index contributed by atoms with van der Waals surface area (Å²) in [5.74, 6) is -0.345. The third-order valence-corrected chi connectivity index (χ3v) is 9.90. The minimum Gasteiger partial charge on any atom is -1.00 e. The summed E-state index contributed by atoms with van der Waals surface area (Å²) >= 11 is 1.56. The van der Waals surface area contributed by atoms with Crippen molar-refractivity contribution < 1.29 is 52.3 Å². The Balaban J connectivity index is 0.00000400. The highest BCUT2D eigenvalue weighted by Crippen LogP contribution is 2.44. The third kappa shape index (κ3) is 6.88. The van der Waals surface area contributed by atoms with Gasteiger partial charge in [0, 0.05) is 29.4 Å². The summed E-state index contributed by atoms with van der Waals surface area (Å²) in [7, 11) is 2.18. The summed E-state index contributed by atoms with van der Waals surface area (Å²) in [5.41, 5.74) is 4.91. The van der Waals surface area contributed by atoms with Gasteiger partial charge in [0.1, 0.15) is 41.2 Å². The molecule has 1 unspecified atom stereocenters. The molecule has 1 saturated heterocycles. The molecule has 3 aliphatic heterocycles. The number of esters is 1. The maximum atomic E-state index is 14.3. The second-order valence-corrected chi connectivity index (χ2v) is 14.1. The highest BCUT2D eigenvalue weighted by molar-refractivity contribution is 8.00. The van der Waals surface area contributed by atoms with Gasteiger partial charge in [-0.3, -0.25) is 14.2 Å². The van der Waals surface area contributed by atoms with Crippen molar-refractivity contribution in [1.82, 2.24) is 10.2 Å². The highest BCUT2D eigenvalue weighted by atomic mass is 127. The van der Waals surface area contributed by atoms with Gasteiger partial charge in [0.2, 0.25) is 0 Å². The van der Waals surface area contributed by atoms with E-state index >= 15 is 0 Å². The highest BCUT2D eigenvalue weighted by Gasteiger charge is 2.56. The predicted octanol–water partition coefficient (Wildman–Crippen LogP) is 3.19. The first-order valence-corrected chi connectivity index (χ1v) is 16.3. The number of alkyl carbamates (subject to hydrolysis) is 1. The number of benzene rings is 2. The zero-order valence-electron chi connectivity index (χ0n) is 26.1. The van der Waals surface area contributed by atoms with Crippen LogP contribution in [0.1, 0.15) is 63.7 Å². The molecule has 10 heteroatoms. The van der Waals surface area contributed by atoms with Crippen LogP contribution in [0.5, 0.6) is 0 Å². The number of allylic oxidation sites excluding steroid dienone is 3. The van der Waals surface area contributed by atoms with E-state index in [9.17, 15) is 14.4 Å². The van der Waals surface area contributed by atoms with Crippen LogP contribution in [0.25, 0.3) is 0 Å². The molecule has 6 rings (SSSR count). The fraction of sp³-hybridized carbons (Fsp3) is 0.400. The first-order chi connectivity index (χ1) is 21.0. The van der Waals surface area contributed by atoms with Crippen molar-refractivity contribution in [3.8, 4) is 0 Å². The number of quaternary nitrogens is 1. The lowest BCUT2D eigenvalue weighted by Crippen LogP contribution is -3.00. The van der Waals surface area contributed by atoms with E-state index in [2.05, 4.69) is 24.6 Å². The maximum absolute atomic E-state index is 14.3. The summed E-state index contributed by atoms with van der Waals surface area (Å²) in [5, 5.41) is 2.30. The Kier molecular flexibility index (Phi) is 9.86. The fourth-order valence-corrected chi connectivity index (χ4v) is 7.87. The van der Waals surface area contributed by atoms with Crippen molar-refractivity contribution in [1.29, 1.82) is 0 Å². The molecule has 0 bridgehead atoms. The number of carbonyl (C=O) groups is 3. The van der Waals surface area contributed by atoms with Crippen LogP contribution in [-0.4, -0.2) is 63.7 Å². The molecule has 0 aromatic heterocycles. The number of carbonyl (C=O) groups excluding carboxylic acids is 3. The van der Waals surface area contributed by atoms with Gasteiger partial charge in [-0.25, -0.2) is 9.59 Å². The van der Waals surface area contributed by atoms with Gasteiger partial charge >= 0.3 is 12.1 Å². The van der Waals surface area contributed by atoms with Crippen LogP contribution in [0, 0.1) is 0 Å². The lowest BCUT2D eigenvalue weighted by atomic mass is 9.96. The van der Waals surface area contributed by atoms with Crippen molar-refractivity contribution >= 4 is 29.7 Å². The standard InChI is InChI=1S/C35H39N3O5S.HI/c1-35(2,3)43-34(41)36-28-31(39)37-29(33(40)42-30(24-14-7-5-8-15-24)25-16-9-6-10-17-25)26(22-44-32(28)37)21-38(4)20-19-23-13-11-12-18-27(23)38;/h5-10,14-17,19-20,28,30,32H,11-13,18,21-22H2,1-4H3;1H/t28-,32-,38?;/m1./s1. The molecular weight excluding hydrogens is 701 g/mol. The topological polar surface area (TPSA) is 84.9 Å². The molecule has 1 aliphatic carbocycles. The van der Waals surface area contributed by atoms with Crippen LogP contribution in [0.4, 0.5) is 4.79 Å². The van der Waals surface area contributed by atoms with Crippen LogP contribution >= 0.6 is 11.8 Å². The lowest BCUT2D eigenvalue weighted by molar-refractivity contribution is -0.814. The Bertz CT molecular complexity index is 1510. The Labute approximate surface area is 286 Å². The Hall–Kier alpha value is -3.09. The molecule has 8 nitrogen and oxygen atoms in total. The minimum absolute atomic E-state index is 0. The Morgan fingerprint density at radius 3 is 2.27 bits per heavy atom. The lowest BCUT2D eigenvalue weighted by Gasteiger charge is -2.50. The SMILES string of the molecule is CC(C)(C)OC(=O)N[C@@H]1C(=O)N2C(C(=O)OC(c3ccccc3)c3ccccc3)=C(C[N+]3(C)C=CC4=C3CCCC4)CS[C@H]12.[I-]. The van der Waals surface area contributed by atoms with Crippen molar-refractivity contribution in [3.63, 3.8) is 0 Å². The number of amides is 2. The molecule has 2 aromatic rings. The van der Waals surface area contributed by atoms with Crippen molar-refractivity contribution in [3.05, 3.63) is 107 Å². The van der Waals surface area contributed by atoms with Crippen LogP contribution in [0.3, 0.4) is 0 Å². The van der Waals surface area contributed by atoms with E-state index in [4.69, 9.17) is 9.47 Å². The number of thioether (sulfide) groups is 1. The summed E-state index contributed by atoms with van der Waals surface area (Å²) in [4.78, 5) is 42.2. The number of ether oxygens (including phenoxy) is 2. The number of nitrogens with one attached hydrogen (secondary N) is 1. The molecule has 0 saturated carbocycles. The van der Waals surface area contributed by atoms with Crippen molar-refractivity contribution in [2.45, 2.75) is 69.6 Å². The largest absolute Gasteiger partial charge is 1.00 e. The number of halogens is 1. The van der Waals surface area contributed by atoms with E-state index < -0.39 is 35.2 Å². The predicted molar refractivity (Wildman–Crippen MR) is 170 cm³/mol. The van der Waals surface area contributed by atoms with E-state index in [0.29, 0.717) is 16.8 Å². The first-order valence-electron chi connectivity index (χ1n) is 15.3. The van der Waals surface area contributed by atoms with Gasteiger partial charge in [-0.2, -0.15) is 0 Å². The Morgan fingerprint density at radius 1 is 1.02 bits per heavy atom. The second kappa shape index (κ2) is 13.3. The zero-order valence-corrected chi connectivity index (χ0v) is 29.1. The number of likely N-dealkylation sites (N-methyl/N-ethyl adjacent to an activating group) is 1. The number of hydrogen-bond acceptors (Lipinski definition) is 6. The second-order valence-electron chi connectivity index (χ2n) is 13.0. The molecule has 1 N–H and O–H groups in total. The average molecular weight is 742 g/mol. The van der Waals surface area contributed by atoms with E-state index in [1.54, 1.807) is 32.5 Å². The number of hydrogen-bond donors (Lipinski definition) is 1. The van der Waals surface area contributed by atoms with Crippen LogP contribution in [0.2, 0.25) is 0 Å². The van der Waals surface area contributed by atoms with E-state index in [1.807, 2.05) is 60.7 Å². The summed E-state index contributed by atoms with van der Waals surface area (Å²) < 4.78 is 12.3. The van der Waals surface area contributed by atoms with Crippen molar-refractivity contribution in [2.75, 3.05) is 19.3 Å².